The highest BCUT2D eigenvalue weighted by Gasteiger charge is 2.28. The van der Waals surface area contributed by atoms with Crippen molar-refractivity contribution >= 4 is 27.4 Å². The number of nitrogens with zero attached hydrogens (tertiary/aromatic N) is 2. The third-order valence-electron chi connectivity index (χ3n) is 6.65. The van der Waals surface area contributed by atoms with Crippen molar-refractivity contribution in [3.63, 3.8) is 0 Å². The molecule has 1 fully saturated rings. The Morgan fingerprint density at radius 3 is 1.80 bits per heavy atom. The lowest BCUT2D eigenvalue weighted by molar-refractivity contribution is 0.0650. The highest BCUT2D eigenvalue weighted by molar-refractivity contribution is 7.92. The number of Topliss-reactive ketones (excluding diaryl/α,β-unsaturated/α-hetero) is 1. The molecule has 0 bridgehead atoms. The first kappa shape index (κ1) is 24.7. The van der Waals surface area contributed by atoms with E-state index in [-0.39, 0.29) is 22.5 Å². The van der Waals surface area contributed by atoms with Crippen molar-refractivity contribution in [2.24, 2.45) is 5.92 Å². The molecule has 6 nitrogen and oxygen atoms in total. The van der Waals surface area contributed by atoms with Gasteiger partial charge in [0, 0.05) is 37.2 Å². The van der Waals surface area contributed by atoms with Crippen molar-refractivity contribution in [1.29, 1.82) is 0 Å². The predicted octanol–water partition coefficient (Wildman–Crippen LogP) is 4.86. The van der Waals surface area contributed by atoms with Crippen LogP contribution in [0.2, 0.25) is 0 Å². The summed E-state index contributed by atoms with van der Waals surface area (Å²) < 4.78 is 27.1. The number of hydrogen-bond donors (Lipinski definition) is 0. The predicted molar refractivity (Wildman–Crippen MR) is 137 cm³/mol. The Morgan fingerprint density at radius 2 is 1.26 bits per heavy atom. The fourth-order valence-electron chi connectivity index (χ4n) is 4.30. The molecule has 1 aliphatic rings. The van der Waals surface area contributed by atoms with E-state index in [2.05, 4.69) is 0 Å². The molecule has 0 unspecified atom stereocenters. The number of amides is 1. The van der Waals surface area contributed by atoms with Crippen LogP contribution in [0, 0.1) is 19.8 Å². The number of anilines is 1. The van der Waals surface area contributed by atoms with E-state index in [1.807, 2.05) is 38.1 Å². The molecule has 1 heterocycles. The zero-order valence-electron chi connectivity index (χ0n) is 20.3. The standard InChI is InChI=1S/C28H30N2O4S/c1-20-4-8-22(9-5-20)27(31)23-16-18-30(19-17-23)28(32)24-10-12-25(13-11-24)29(3)35(33,34)26-14-6-21(2)7-15-26/h4-15,23H,16-19H2,1-3H3. The maximum Gasteiger partial charge on any atom is 0.264 e. The summed E-state index contributed by atoms with van der Waals surface area (Å²) in [5, 5.41) is 0. The number of likely N-dealkylation sites (tertiary alicyclic amines) is 1. The van der Waals surface area contributed by atoms with Crippen LogP contribution in [0.3, 0.4) is 0 Å². The molecule has 182 valence electrons. The number of hydrogen-bond acceptors (Lipinski definition) is 4. The van der Waals surface area contributed by atoms with Gasteiger partial charge in [0.2, 0.25) is 0 Å². The van der Waals surface area contributed by atoms with Gasteiger partial charge in [-0.2, -0.15) is 0 Å². The van der Waals surface area contributed by atoms with Crippen LogP contribution in [-0.4, -0.2) is 45.1 Å². The molecule has 0 N–H and O–H groups in total. The Bertz CT molecular complexity index is 1310. The summed E-state index contributed by atoms with van der Waals surface area (Å²) in [6, 6.07) is 20.9. The summed E-state index contributed by atoms with van der Waals surface area (Å²) in [5.74, 6) is -0.0501. The molecule has 1 aliphatic heterocycles. The molecule has 1 amide bonds. The van der Waals surface area contributed by atoms with Gasteiger partial charge in [-0.25, -0.2) is 8.42 Å². The minimum Gasteiger partial charge on any atom is -0.339 e. The van der Waals surface area contributed by atoms with Crippen molar-refractivity contribution in [2.75, 3.05) is 24.4 Å². The van der Waals surface area contributed by atoms with Crippen molar-refractivity contribution < 1.29 is 18.0 Å². The van der Waals surface area contributed by atoms with E-state index in [9.17, 15) is 18.0 Å². The first-order valence-electron chi connectivity index (χ1n) is 11.7. The monoisotopic (exact) mass is 490 g/mol. The molecule has 4 rings (SSSR count). The third-order valence-corrected chi connectivity index (χ3v) is 8.45. The van der Waals surface area contributed by atoms with Gasteiger partial charge in [-0.3, -0.25) is 13.9 Å². The van der Waals surface area contributed by atoms with Crippen LogP contribution in [0.5, 0.6) is 0 Å². The highest BCUT2D eigenvalue weighted by Crippen LogP contribution is 2.26. The summed E-state index contributed by atoms with van der Waals surface area (Å²) in [4.78, 5) is 27.8. The van der Waals surface area contributed by atoms with Gasteiger partial charge in [0.25, 0.3) is 15.9 Å². The van der Waals surface area contributed by atoms with E-state index in [1.54, 1.807) is 53.4 Å². The van der Waals surface area contributed by atoms with Crippen molar-refractivity contribution in [1.82, 2.24) is 4.90 Å². The molecule has 0 aliphatic carbocycles. The molecule has 0 atom stereocenters. The Morgan fingerprint density at radius 1 is 0.771 bits per heavy atom. The zero-order valence-corrected chi connectivity index (χ0v) is 21.1. The van der Waals surface area contributed by atoms with E-state index in [0.717, 1.165) is 16.7 Å². The van der Waals surface area contributed by atoms with Gasteiger partial charge in [0.05, 0.1) is 10.6 Å². The average molecular weight is 491 g/mol. The number of carbonyl (C=O) groups is 2. The summed E-state index contributed by atoms with van der Waals surface area (Å²) in [6.07, 6.45) is 1.27. The van der Waals surface area contributed by atoms with Gasteiger partial charge in [0.15, 0.2) is 5.78 Å². The fraction of sp³-hybridized carbons (Fsp3) is 0.286. The van der Waals surface area contributed by atoms with Gasteiger partial charge >= 0.3 is 0 Å². The molecular formula is C28H30N2O4S. The maximum absolute atomic E-state index is 13.0. The van der Waals surface area contributed by atoms with Gasteiger partial charge in [-0.05, 0) is 63.1 Å². The Kier molecular flexibility index (Phi) is 7.08. The maximum atomic E-state index is 13.0. The second-order valence-corrected chi connectivity index (χ2v) is 11.1. The average Bonchev–Trinajstić information content (AvgIpc) is 2.88. The Labute approximate surface area is 207 Å². The molecule has 0 aromatic heterocycles. The topological polar surface area (TPSA) is 74.8 Å². The molecule has 7 heteroatoms. The van der Waals surface area contributed by atoms with Crippen LogP contribution < -0.4 is 4.31 Å². The number of aryl methyl sites for hydroxylation is 2. The van der Waals surface area contributed by atoms with Crippen molar-refractivity contribution in [2.45, 2.75) is 31.6 Å². The largest absolute Gasteiger partial charge is 0.339 e. The Hall–Kier alpha value is -3.45. The summed E-state index contributed by atoms with van der Waals surface area (Å²) >= 11 is 0. The van der Waals surface area contributed by atoms with Crippen LogP contribution in [0.25, 0.3) is 0 Å². The van der Waals surface area contributed by atoms with Gasteiger partial charge in [-0.15, -0.1) is 0 Å². The number of rotatable bonds is 6. The number of piperidine rings is 1. The lowest BCUT2D eigenvalue weighted by Gasteiger charge is -2.31. The summed E-state index contributed by atoms with van der Waals surface area (Å²) in [6.45, 7) is 4.93. The van der Waals surface area contributed by atoms with E-state index >= 15 is 0 Å². The van der Waals surface area contributed by atoms with Crippen molar-refractivity contribution in [3.8, 4) is 0 Å². The highest BCUT2D eigenvalue weighted by atomic mass is 32.2. The quantitative estimate of drug-likeness (QED) is 0.463. The smallest absolute Gasteiger partial charge is 0.264 e. The molecule has 3 aromatic rings. The number of sulfonamides is 1. The number of ketones is 1. The molecular weight excluding hydrogens is 460 g/mol. The second kappa shape index (κ2) is 10.0. The van der Waals surface area contributed by atoms with Crippen LogP contribution in [0.1, 0.15) is 44.7 Å². The summed E-state index contributed by atoms with van der Waals surface area (Å²) in [5.41, 5.74) is 3.80. The van der Waals surface area contributed by atoms with Crippen LogP contribution in [0.15, 0.2) is 77.7 Å². The minimum absolute atomic E-state index is 0.0789. The Balaban J connectivity index is 1.39. The van der Waals surface area contributed by atoms with E-state index < -0.39 is 10.0 Å². The lowest BCUT2D eigenvalue weighted by atomic mass is 9.88. The van der Waals surface area contributed by atoms with Gasteiger partial charge in [0.1, 0.15) is 0 Å². The van der Waals surface area contributed by atoms with Crippen molar-refractivity contribution in [3.05, 3.63) is 95.1 Å². The van der Waals surface area contributed by atoms with Gasteiger partial charge in [-0.1, -0.05) is 47.5 Å². The number of carbonyl (C=O) groups excluding carboxylic acids is 2. The van der Waals surface area contributed by atoms with E-state index in [4.69, 9.17) is 0 Å². The van der Waals surface area contributed by atoms with Crippen LogP contribution >= 0.6 is 0 Å². The minimum atomic E-state index is -3.70. The molecule has 0 saturated carbocycles. The first-order chi connectivity index (χ1) is 16.7. The molecule has 1 saturated heterocycles. The second-order valence-electron chi connectivity index (χ2n) is 9.13. The normalized spacial score (nSPS) is 14.5. The molecule has 0 spiro atoms. The van der Waals surface area contributed by atoms with Crippen LogP contribution in [-0.2, 0) is 10.0 Å². The summed E-state index contributed by atoms with van der Waals surface area (Å²) in [7, 11) is -2.19. The zero-order chi connectivity index (χ0) is 25.2. The SMILES string of the molecule is Cc1ccc(C(=O)C2CCN(C(=O)c3ccc(N(C)S(=O)(=O)c4ccc(C)cc4)cc3)CC2)cc1. The molecule has 0 radical (unpaired) electrons. The van der Waals surface area contributed by atoms with E-state index in [0.29, 0.717) is 37.2 Å². The third kappa shape index (κ3) is 5.30. The molecule has 35 heavy (non-hydrogen) atoms. The van der Waals surface area contributed by atoms with E-state index in [1.165, 1.54) is 11.4 Å². The van der Waals surface area contributed by atoms with Gasteiger partial charge < -0.3 is 4.90 Å². The lowest BCUT2D eigenvalue weighted by Crippen LogP contribution is -2.40. The number of benzene rings is 3. The van der Waals surface area contributed by atoms with Crippen LogP contribution in [0.4, 0.5) is 5.69 Å². The first-order valence-corrected chi connectivity index (χ1v) is 13.2. The molecule has 3 aromatic carbocycles. The fourth-order valence-corrected chi connectivity index (χ4v) is 5.50.